The van der Waals surface area contributed by atoms with Crippen molar-refractivity contribution in [2.45, 2.75) is 39.3 Å². The zero-order chi connectivity index (χ0) is 10.9. The van der Waals surface area contributed by atoms with E-state index < -0.39 is 0 Å². The molecule has 3 nitrogen and oxygen atoms in total. The molecule has 0 aliphatic carbocycles. The van der Waals surface area contributed by atoms with E-state index in [1.54, 1.807) is 0 Å². The summed E-state index contributed by atoms with van der Waals surface area (Å²) in [6.45, 7) is 8.05. The Kier molecular flexibility index (Phi) is 2.65. The van der Waals surface area contributed by atoms with Crippen LogP contribution in [0.3, 0.4) is 0 Å². The Morgan fingerprint density at radius 2 is 2.13 bits per heavy atom. The van der Waals surface area contributed by atoms with Crippen molar-refractivity contribution < 1.29 is 4.74 Å². The summed E-state index contributed by atoms with van der Waals surface area (Å²) in [5.74, 6) is 0.739. The molecule has 0 unspecified atom stereocenters. The minimum atomic E-state index is -0.172. The second kappa shape index (κ2) is 3.81. The molecule has 2 heterocycles. The lowest BCUT2D eigenvalue weighted by molar-refractivity contribution is 0.123. The summed E-state index contributed by atoms with van der Waals surface area (Å²) in [7, 11) is 0. The number of pyridine rings is 1. The molecule has 1 N–H and O–H groups in total. The number of fused-ring (bicyclic) bond motifs is 1. The van der Waals surface area contributed by atoms with Crippen LogP contribution in [-0.4, -0.2) is 17.1 Å². The van der Waals surface area contributed by atoms with Crippen LogP contribution in [0.4, 0.5) is 0 Å². The Bertz CT molecular complexity index is 355. The van der Waals surface area contributed by atoms with Gasteiger partial charge in [0, 0.05) is 25.6 Å². The first-order chi connectivity index (χ1) is 7.04. The summed E-state index contributed by atoms with van der Waals surface area (Å²) >= 11 is 0. The number of rotatable bonds is 1. The van der Waals surface area contributed by atoms with Crippen LogP contribution in [0, 0.1) is 0 Å². The van der Waals surface area contributed by atoms with E-state index in [0.29, 0.717) is 0 Å². The fourth-order valence-corrected chi connectivity index (χ4v) is 1.69. The maximum atomic E-state index is 5.74. The van der Waals surface area contributed by atoms with Crippen LogP contribution < -0.4 is 10.1 Å². The third kappa shape index (κ3) is 2.69. The second-order valence-electron chi connectivity index (χ2n) is 4.90. The summed E-state index contributed by atoms with van der Waals surface area (Å²) < 4.78 is 5.74. The number of ether oxygens (including phenoxy) is 1. The number of nitrogens with zero attached hydrogens (tertiary/aromatic N) is 1. The average molecular weight is 206 g/mol. The summed E-state index contributed by atoms with van der Waals surface area (Å²) in [6, 6.07) is 4.06. The zero-order valence-corrected chi connectivity index (χ0v) is 9.63. The SMILES string of the molecule is CC(C)(C)Oc1ccc2c(n1)CCNC2. The smallest absolute Gasteiger partial charge is 0.213 e. The van der Waals surface area contributed by atoms with Gasteiger partial charge < -0.3 is 10.1 Å². The quantitative estimate of drug-likeness (QED) is 0.762. The maximum Gasteiger partial charge on any atom is 0.213 e. The minimum Gasteiger partial charge on any atom is -0.472 e. The van der Waals surface area contributed by atoms with Crippen molar-refractivity contribution in [3.8, 4) is 5.88 Å². The number of hydrogen-bond donors (Lipinski definition) is 1. The predicted octanol–water partition coefficient (Wildman–Crippen LogP) is 1.90. The first kappa shape index (κ1) is 10.4. The maximum absolute atomic E-state index is 5.74. The summed E-state index contributed by atoms with van der Waals surface area (Å²) in [5, 5.41) is 3.33. The Hall–Kier alpha value is -1.09. The molecule has 0 bridgehead atoms. The molecule has 0 spiro atoms. The van der Waals surface area contributed by atoms with Crippen LogP contribution in [0.15, 0.2) is 12.1 Å². The highest BCUT2D eigenvalue weighted by Crippen LogP contribution is 2.19. The van der Waals surface area contributed by atoms with Gasteiger partial charge in [0.25, 0.3) is 0 Å². The van der Waals surface area contributed by atoms with E-state index >= 15 is 0 Å². The van der Waals surface area contributed by atoms with Gasteiger partial charge in [-0.3, -0.25) is 0 Å². The number of nitrogens with one attached hydrogen (secondary N) is 1. The van der Waals surface area contributed by atoms with Gasteiger partial charge in [0.2, 0.25) is 5.88 Å². The lowest BCUT2D eigenvalue weighted by atomic mass is 10.1. The van der Waals surface area contributed by atoms with Gasteiger partial charge in [-0.25, -0.2) is 4.98 Å². The van der Waals surface area contributed by atoms with Gasteiger partial charge >= 0.3 is 0 Å². The largest absolute Gasteiger partial charge is 0.472 e. The van der Waals surface area contributed by atoms with E-state index in [9.17, 15) is 0 Å². The van der Waals surface area contributed by atoms with Crippen LogP contribution in [0.2, 0.25) is 0 Å². The Morgan fingerprint density at radius 3 is 2.87 bits per heavy atom. The van der Waals surface area contributed by atoms with Gasteiger partial charge in [0.05, 0.1) is 5.69 Å². The normalized spacial score (nSPS) is 15.9. The highest BCUT2D eigenvalue weighted by molar-refractivity contribution is 5.27. The van der Waals surface area contributed by atoms with Gasteiger partial charge in [0.1, 0.15) is 5.60 Å². The molecule has 0 saturated carbocycles. The monoisotopic (exact) mass is 206 g/mol. The van der Waals surface area contributed by atoms with E-state index in [-0.39, 0.29) is 5.60 Å². The molecule has 0 saturated heterocycles. The van der Waals surface area contributed by atoms with E-state index in [1.165, 1.54) is 11.3 Å². The van der Waals surface area contributed by atoms with Crippen LogP contribution in [-0.2, 0) is 13.0 Å². The Labute approximate surface area is 90.9 Å². The molecule has 0 radical (unpaired) electrons. The van der Waals surface area contributed by atoms with E-state index in [1.807, 2.05) is 26.8 Å². The highest BCUT2D eigenvalue weighted by atomic mass is 16.5. The lowest BCUT2D eigenvalue weighted by Crippen LogP contribution is -2.26. The Morgan fingerprint density at radius 1 is 1.33 bits per heavy atom. The minimum absolute atomic E-state index is 0.172. The number of aromatic nitrogens is 1. The molecule has 1 aromatic heterocycles. The third-order valence-electron chi connectivity index (χ3n) is 2.31. The van der Waals surface area contributed by atoms with Crippen molar-refractivity contribution in [3.63, 3.8) is 0 Å². The molecule has 15 heavy (non-hydrogen) atoms. The zero-order valence-electron chi connectivity index (χ0n) is 9.63. The molecule has 0 atom stereocenters. The van der Waals surface area contributed by atoms with Crippen LogP contribution >= 0.6 is 0 Å². The molecule has 0 fully saturated rings. The summed E-state index contributed by atoms with van der Waals surface area (Å²) in [6.07, 6.45) is 0.997. The van der Waals surface area contributed by atoms with Crippen molar-refractivity contribution in [3.05, 3.63) is 23.4 Å². The third-order valence-corrected chi connectivity index (χ3v) is 2.31. The molecule has 1 aliphatic rings. The highest BCUT2D eigenvalue weighted by Gasteiger charge is 2.15. The first-order valence-electron chi connectivity index (χ1n) is 5.43. The molecular weight excluding hydrogens is 188 g/mol. The standard InChI is InChI=1S/C12H18N2O/c1-12(2,3)15-11-5-4-9-8-13-7-6-10(9)14-11/h4-5,13H,6-8H2,1-3H3. The van der Waals surface area contributed by atoms with Gasteiger partial charge in [-0.05, 0) is 26.3 Å². The number of hydrogen-bond acceptors (Lipinski definition) is 3. The van der Waals surface area contributed by atoms with E-state index in [0.717, 1.165) is 25.4 Å². The molecule has 1 aromatic rings. The fourth-order valence-electron chi connectivity index (χ4n) is 1.69. The molecule has 1 aliphatic heterocycles. The lowest BCUT2D eigenvalue weighted by Gasteiger charge is -2.22. The van der Waals surface area contributed by atoms with Crippen LogP contribution in [0.5, 0.6) is 5.88 Å². The van der Waals surface area contributed by atoms with Crippen molar-refractivity contribution in [2.24, 2.45) is 0 Å². The van der Waals surface area contributed by atoms with Crippen molar-refractivity contribution in [1.29, 1.82) is 0 Å². The van der Waals surface area contributed by atoms with Gasteiger partial charge in [-0.1, -0.05) is 6.07 Å². The average Bonchev–Trinajstić information content (AvgIpc) is 2.15. The van der Waals surface area contributed by atoms with Crippen LogP contribution in [0.25, 0.3) is 0 Å². The molecule has 2 rings (SSSR count). The van der Waals surface area contributed by atoms with Gasteiger partial charge in [-0.15, -0.1) is 0 Å². The topological polar surface area (TPSA) is 34.1 Å². The van der Waals surface area contributed by atoms with E-state index in [4.69, 9.17) is 4.74 Å². The van der Waals surface area contributed by atoms with E-state index in [2.05, 4.69) is 16.4 Å². The predicted molar refractivity (Wildman–Crippen MR) is 60.0 cm³/mol. The first-order valence-corrected chi connectivity index (χ1v) is 5.43. The molecular formula is C12H18N2O. The summed E-state index contributed by atoms with van der Waals surface area (Å²) in [5.41, 5.74) is 2.30. The van der Waals surface area contributed by atoms with Crippen LogP contribution in [0.1, 0.15) is 32.0 Å². The molecule has 3 heteroatoms. The molecule has 0 aromatic carbocycles. The molecule has 82 valence electrons. The van der Waals surface area contributed by atoms with Gasteiger partial charge in [0.15, 0.2) is 0 Å². The Balaban J connectivity index is 2.21. The molecule has 0 amide bonds. The fraction of sp³-hybridized carbons (Fsp3) is 0.583. The second-order valence-corrected chi connectivity index (χ2v) is 4.90. The summed E-state index contributed by atoms with van der Waals surface area (Å²) in [4.78, 5) is 4.54. The van der Waals surface area contributed by atoms with Crippen molar-refractivity contribution in [2.75, 3.05) is 6.54 Å². The van der Waals surface area contributed by atoms with Crippen molar-refractivity contribution >= 4 is 0 Å². The van der Waals surface area contributed by atoms with Crippen molar-refractivity contribution in [1.82, 2.24) is 10.3 Å². The van der Waals surface area contributed by atoms with Gasteiger partial charge in [-0.2, -0.15) is 0 Å².